The second-order valence-electron chi connectivity index (χ2n) is 3.10. The second kappa shape index (κ2) is 3.72. The number of hydrogen-bond donors (Lipinski definition) is 0. The number of halogens is 1. The molecule has 1 nitrogen and oxygen atoms in total. The van der Waals surface area contributed by atoms with E-state index in [4.69, 9.17) is 5.26 Å². The molecule has 1 heterocycles. The topological polar surface area (TPSA) is 23.8 Å². The maximum atomic E-state index is 8.70. The van der Waals surface area contributed by atoms with Crippen LogP contribution in [0.2, 0.25) is 0 Å². The molecular weight excluding hydrogens is 258 g/mol. The van der Waals surface area contributed by atoms with E-state index in [1.54, 1.807) is 11.3 Å². The van der Waals surface area contributed by atoms with Crippen LogP contribution in [0.5, 0.6) is 0 Å². The molecule has 0 aliphatic carbocycles. The Morgan fingerprint density at radius 2 is 2.29 bits per heavy atom. The summed E-state index contributed by atoms with van der Waals surface area (Å²) in [6.45, 7) is 2.09. The number of hydrogen-bond acceptors (Lipinski definition) is 2. The Morgan fingerprint density at radius 3 is 3.00 bits per heavy atom. The van der Waals surface area contributed by atoms with Crippen molar-refractivity contribution in [3.63, 3.8) is 0 Å². The van der Waals surface area contributed by atoms with Crippen molar-refractivity contribution in [2.75, 3.05) is 0 Å². The van der Waals surface area contributed by atoms with Crippen molar-refractivity contribution in [2.45, 2.75) is 13.3 Å². The van der Waals surface area contributed by atoms with Crippen LogP contribution in [0.1, 0.15) is 10.4 Å². The van der Waals surface area contributed by atoms with Crippen molar-refractivity contribution in [1.29, 1.82) is 5.26 Å². The number of thiophene rings is 1. The third-order valence-electron chi connectivity index (χ3n) is 2.17. The zero-order chi connectivity index (χ0) is 10.1. The highest BCUT2D eigenvalue weighted by Crippen LogP contribution is 2.36. The Labute approximate surface area is 95.1 Å². The van der Waals surface area contributed by atoms with Crippen LogP contribution in [0.15, 0.2) is 22.7 Å². The van der Waals surface area contributed by atoms with E-state index in [0.717, 1.165) is 10.0 Å². The SMILES string of the molecule is Cc1sc2c(CC#N)cccc2c1Br. The van der Waals surface area contributed by atoms with Gasteiger partial charge in [-0.3, -0.25) is 0 Å². The van der Waals surface area contributed by atoms with Crippen LogP contribution in [0.4, 0.5) is 0 Å². The van der Waals surface area contributed by atoms with Gasteiger partial charge in [0.05, 0.1) is 12.5 Å². The number of fused-ring (bicyclic) bond motifs is 1. The second-order valence-corrected chi connectivity index (χ2v) is 5.12. The Balaban J connectivity index is 2.76. The first-order valence-corrected chi connectivity index (χ1v) is 5.88. The molecule has 3 heteroatoms. The molecule has 0 aliphatic heterocycles. The molecule has 70 valence electrons. The molecular formula is C11H8BrNS. The lowest BCUT2D eigenvalue weighted by molar-refractivity contribution is 1.29. The molecule has 2 aromatic rings. The van der Waals surface area contributed by atoms with Gasteiger partial charge in [-0.15, -0.1) is 11.3 Å². The lowest BCUT2D eigenvalue weighted by Crippen LogP contribution is -1.79. The van der Waals surface area contributed by atoms with Gasteiger partial charge in [-0.1, -0.05) is 18.2 Å². The average Bonchev–Trinajstić information content (AvgIpc) is 2.46. The van der Waals surface area contributed by atoms with Crippen molar-refractivity contribution >= 4 is 37.4 Å². The molecule has 1 aromatic carbocycles. The van der Waals surface area contributed by atoms with Crippen molar-refractivity contribution in [1.82, 2.24) is 0 Å². The Hall–Kier alpha value is -0.850. The summed E-state index contributed by atoms with van der Waals surface area (Å²) in [5, 5.41) is 9.92. The third-order valence-corrected chi connectivity index (χ3v) is 4.65. The van der Waals surface area contributed by atoms with E-state index >= 15 is 0 Å². The number of nitriles is 1. The van der Waals surface area contributed by atoms with Crippen molar-refractivity contribution < 1.29 is 0 Å². The summed E-state index contributed by atoms with van der Waals surface area (Å²) >= 11 is 5.31. The fraction of sp³-hybridized carbons (Fsp3) is 0.182. The van der Waals surface area contributed by atoms with E-state index in [0.29, 0.717) is 6.42 Å². The summed E-state index contributed by atoms with van der Waals surface area (Å²) in [5.41, 5.74) is 1.13. The molecule has 0 N–H and O–H groups in total. The molecule has 0 fully saturated rings. The quantitative estimate of drug-likeness (QED) is 0.764. The molecule has 0 saturated carbocycles. The highest BCUT2D eigenvalue weighted by molar-refractivity contribution is 9.10. The number of aryl methyl sites for hydroxylation is 1. The fourth-order valence-corrected chi connectivity index (χ4v) is 3.25. The smallest absolute Gasteiger partial charge is 0.0670 e. The third kappa shape index (κ3) is 1.45. The van der Waals surface area contributed by atoms with Crippen LogP contribution in [-0.4, -0.2) is 0 Å². The van der Waals surface area contributed by atoms with Crippen LogP contribution in [0.3, 0.4) is 0 Å². The predicted octanol–water partition coefficient (Wildman–Crippen LogP) is 4.04. The summed E-state index contributed by atoms with van der Waals surface area (Å²) in [5.74, 6) is 0. The summed E-state index contributed by atoms with van der Waals surface area (Å²) in [7, 11) is 0. The maximum Gasteiger partial charge on any atom is 0.0670 e. The number of rotatable bonds is 1. The molecule has 1 aromatic heterocycles. The van der Waals surface area contributed by atoms with E-state index in [1.807, 2.05) is 12.1 Å². The van der Waals surface area contributed by atoms with Crippen LogP contribution in [-0.2, 0) is 6.42 Å². The molecule has 14 heavy (non-hydrogen) atoms. The van der Waals surface area contributed by atoms with E-state index < -0.39 is 0 Å². The van der Waals surface area contributed by atoms with E-state index in [2.05, 4.69) is 35.0 Å². The van der Waals surface area contributed by atoms with Crippen molar-refractivity contribution in [2.24, 2.45) is 0 Å². The normalized spacial score (nSPS) is 10.4. The molecule has 0 amide bonds. The van der Waals surface area contributed by atoms with Crippen molar-refractivity contribution in [3.8, 4) is 6.07 Å². The van der Waals surface area contributed by atoms with Gasteiger partial charge < -0.3 is 0 Å². The minimum Gasteiger partial charge on any atom is -0.198 e. The average molecular weight is 266 g/mol. The Kier molecular flexibility index (Phi) is 2.58. The lowest BCUT2D eigenvalue weighted by Gasteiger charge is -1.96. The molecule has 0 saturated heterocycles. The van der Waals surface area contributed by atoms with Gasteiger partial charge >= 0.3 is 0 Å². The van der Waals surface area contributed by atoms with Gasteiger partial charge in [-0.25, -0.2) is 0 Å². The first-order chi connectivity index (χ1) is 6.74. The predicted molar refractivity (Wildman–Crippen MR) is 63.6 cm³/mol. The van der Waals surface area contributed by atoms with Crippen LogP contribution in [0.25, 0.3) is 10.1 Å². The van der Waals surface area contributed by atoms with Crippen LogP contribution >= 0.6 is 27.3 Å². The first-order valence-electron chi connectivity index (χ1n) is 4.27. The van der Waals surface area contributed by atoms with E-state index in [-0.39, 0.29) is 0 Å². The van der Waals surface area contributed by atoms with Crippen LogP contribution < -0.4 is 0 Å². The monoisotopic (exact) mass is 265 g/mol. The van der Waals surface area contributed by atoms with Gasteiger partial charge in [0, 0.05) is 19.4 Å². The summed E-state index contributed by atoms with van der Waals surface area (Å²) in [6, 6.07) is 8.31. The minimum absolute atomic E-state index is 0.490. The summed E-state index contributed by atoms with van der Waals surface area (Å²) < 4.78 is 2.40. The van der Waals surface area contributed by atoms with Crippen LogP contribution in [0, 0.1) is 18.3 Å². The summed E-state index contributed by atoms with van der Waals surface area (Å²) in [6.07, 6.45) is 0.490. The Morgan fingerprint density at radius 1 is 1.50 bits per heavy atom. The molecule has 0 unspecified atom stereocenters. The fourth-order valence-electron chi connectivity index (χ4n) is 1.49. The first kappa shape index (κ1) is 9.70. The molecule has 0 atom stereocenters. The summed E-state index contributed by atoms with van der Waals surface area (Å²) in [4.78, 5) is 1.27. The number of nitrogens with zero attached hydrogens (tertiary/aromatic N) is 1. The van der Waals surface area contributed by atoms with Gasteiger partial charge in [0.1, 0.15) is 0 Å². The van der Waals surface area contributed by atoms with E-state index in [9.17, 15) is 0 Å². The molecule has 2 rings (SSSR count). The largest absolute Gasteiger partial charge is 0.198 e. The number of benzene rings is 1. The maximum absolute atomic E-state index is 8.70. The zero-order valence-electron chi connectivity index (χ0n) is 7.67. The van der Waals surface area contributed by atoms with Gasteiger partial charge in [0.2, 0.25) is 0 Å². The highest BCUT2D eigenvalue weighted by atomic mass is 79.9. The highest BCUT2D eigenvalue weighted by Gasteiger charge is 2.08. The standard InChI is InChI=1S/C11H8BrNS/c1-7-10(12)9-4-2-3-8(5-6-13)11(9)14-7/h2-4H,5H2,1H3. The Bertz CT molecular complexity index is 522. The van der Waals surface area contributed by atoms with E-state index in [1.165, 1.54) is 15.0 Å². The molecule has 0 bridgehead atoms. The van der Waals surface area contributed by atoms with Gasteiger partial charge in [0.15, 0.2) is 0 Å². The van der Waals surface area contributed by atoms with Gasteiger partial charge in [-0.2, -0.15) is 5.26 Å². The van der Waals surface area contributed by atoms with Gasteiger partial charge in [0.25, 0.3) is 0 Å². The molecule has 0 radical (unpaired) electrons. The van der Waals surface area contributed by atoms with Crippen molar-refractivity contribution in [3.05, 3.63) is 33.1 Å². The molecule has 0 aliphatic rings. The lowest BCUT2D eigenvalue weighted by atomic mass is 10.1. The zero-order valence-corrected chi connectivity index (χ0v) is 10.1. The molecule has 0 spiro atoms. The minimum atomic E-state index is 0.490. The van der Waals surface area contributed by atoms with Gasteiger partial charge in [-0.05, 0) is 28.4 Å².